The minimum absolute atomic E-state index is 0.000195. The number of aromatic nitrogens is 2. The van der Waals surface area contributed by atoms with Gasteiger partial charge in [0.05, 0.1) is 17.7 Å². The number of ether oxygens (including phenoxy) is 1. The second-order valence-corrected chi connectivity index (χ2v) is 8.95. The maximum absolute atomic E-state index is 12.6. The van der Waals surface area contributed by atoms with E-state index in [2.05, 4.69) is 4.98 Å². The highest BCUT2D eigenvalue weighted by molar-refractivity contribution is 6.28. The lowest BCUT2D eigenvalue weighted by atomic mass is 10.1. The summed E-state index contributed by atoms with van der Waals surface area (Å²) in [6.07, 6.45) is -0.643. The van der Waals surface area contributed by atoms with Gasteiger partial charge < -0.3 is 24.9 Å². The molecule has 196 valence electrons. The Morgan fingerprint density at radius 1 is 1.22 bits per heavy atom. The maximum Gasteiger partial charge on any atom is 0.416 e. The molecule has 1 unspecified atom stereocenters. The first-order valence-corrected chi connectivity index (χ1v) is 11.3. The van der Waals surface area contributed by atoms with Crippen LogP contribution < -0.4 is 0 Å². The van der Waals surface area contributed by atoms with E-state index in [1.54, 1.807) is 19.1 Å². The van der Waals surface area contributed by atoms with Gasteiger partial charge in [-0.1, -0.05) is 18.2 Å². The largest absolute Gasteiger partial charge is 0.445 e. The van der Waals surface area contributed by atoms with E-state index in [9.17, 15) is 33.2 Å². The molecule has 0 radical (unpaired) electrons. The summed E-state index contributed by atoms with van der Waals surface area (Å²) in [6, 6.07) is 4.63. The summed E-state index contributed by atoms with van der Waals surface area (Å²) >= 11 is 5.92. The third kappa shape index (κ3) is 7.67. The molecule has 0 spiro atoms. The zero-order valence-electron chi connectivity index (χ0n) is 19.3. The quantitative estimate of drug-likeness (QED) is 0.408. The van der Waals surface area contributed by atoms with Gasteiger partial charge in [-0.05, 0) is 52.2 Å². The van der Waals surface area contributed by atoms with Crippen molar-refractivity contribution in [2.75, 3.05) is 39.3 Å². The predicted octanol–water partition coefficient (Wildman–Crippen LogP) is 3.68. The van der Waals surface area contributed by atoms with Crippen LogP contribution in [-0.4, -0.2) is 80.4 Å². The molecule has 1 fully saturated rings. The summed E-state index contributed by atoms with van der Waals surface area (Å²) in [5.74, 6) is -0.405. The Morgan fingerprint density at radius 3 is 2.42 bits per heavy atom. The first-order valence-electron chi connectivity index (χ1n) is 10.9. The Bertz CT molecular complexity index is 1100. The zero-order valence-corrected chi connectivity index (χ0v) is 20.1. The fourth-order valence-electron chi connectivity index (χ4n) is 3.74. The van der Waals surface area contributed by atoms with Crippen molar-refractivity contribution in [2.24, 2.45) is 0 Å². The number of piperazine rings is 1. The summed E-state index contributed by atoms with van der Waals surface area (Å²) in [7, 11) is 0. The number of aliphatic hydroxyl groups is 1. The minimum Gasteiger partial charge on any atom is -0.445 e. The van der Waals surface area contributed by atoms with Crippen LogP contribution in [0.3, 0.4) is 0 Å². The van der Waals surface area contributed by atoms with Crippen molar-refractivity contribution >= 4 is 29.6 Å². The van der Waals surface area contributed by atoms with Crippen LogP contribution >= 0.6 is 11.6 Å². The number of nitro groups is 1. The van der Waals surface area contributed by atoms with Crippen LogP contribution in [0.1, 0.15) is 18.1 Å². The van der Waals surface area contributed by atoms with Crippen LogP contribution in [0.15, 0.2) is 36.5 Å². The molecule has 1 aliphatic heterocycles. The van der Waals surface area contributed by atoms with Gasteiger partial charge in [0, 0.05) is 32.7 Å². The number of hydrogen-bond donors (Lipinski definition) is 1. The fourth-order valence-corrected chi connectivity index (χ4v) is 3.94. The summed E-state index contributed by atoms with van der Waals surface area (Å²) in [5, 5.41) is 21.5. The normalized spacial score (nSPS) is 16.8. The Kier molecular flexibility index (Phi) is 8.59. The molecule has 14 heteroatoms. The fraction of sp³-hybridized carbons (Fsp3) is 0.455. The molecule has 2 heterocycles. The monoisotopic (exact) mass is 531 g/mol. The van der Waals surface area contributed by atoms with Crippen molar-refractivity contribution in [1.82, 2.24) is 19.4 Å². The first kappa shape index (κ1) is 27.4. The molecule has 0 bridgehead atoms. The van der Waals surface area contributed by atoms with E-state index in [4.69, 9.17) is 16.3 Å². The van der Waals surface area contributed by atoms with Crippen molar-refractivity contribution in [3.63, 3.8) is 0 Å². The van der Waals surface area contributed by atoms with Crippen molar-refractivity contribution in [2.45, 2.75) is 25.2 Å². The van der Waals surface area contributed by atoms with Gasteiger partial charge in [-0.3, -0.25) is 9.47 Å². The molecule has 2 aromatic rings. The molecule has 1 saturated heterocycles. The van der Waals surface area contributed by atoms with Crippen molar-refractivity contribution in [3.05, 3.63) is 63.1 Å². The highest BCUT2D eigenvalue weighted by Gasteiger charge is 2.31. The van der Waals surface area contributed by atoms with Crippen LogP contribution in [0.4, 0.5) is 23.8 Å². The number of halogens is 4. The number of imidazole rings is 1. The zero-order chi connectivity index (χ0) is 26.5. The van der Waals surface area contributed by atoms with E-state index >= 15 is 0 Å². The van der Waals surface area contributed by atoms with Crippen LogP contribution in [-0.2, 0) is 17.5 Å². The topological polar surface area (TPSA) is 114 Å². The Hall–Kier alpha value is -3.16. The van der Waals surface area contributed by atoms with E-state index in [1.165, 1.54) is 21.6 Å². The molecular formula is C22H25ClF3N5O5. The van der Waals surface area contributed by atoms with Gasteiger partial charge in [0.15, 0.2) is 0 Å². The molecule has 36 heavy (non-hydrogen) atoms. The second-order valence-electron chi connectivity index (χ2n) is 8.61. The van der Waals surface area contributed by atoms with Crippen molar-refractivity contribution in [3.8, 4) is 0 Å². The number of carbonyl (C=O) groups is 1. The molecule has 0 saturated carbocycles. The number of benzene rings is 1. The van der Waals surface area contributed by atoms with Crippen LogP contribution in [0.5, 0.6) is 0 Å². The second kappa shape index (κ2) is 11.3. The Morgan fingerprint density at radius 2 is 1.86 bits per heavy atom. The highest BCUT2D eigenvalue weighted by atomic mass is 35.5. The van der Waals surface area contributed by atoms with Crippen LogP contribution in [0.25, 0.3) is 6.08 Å². The Labute approximate surface area is 209 Å². The smallest absolute Gasteiger partial charge is 0.416 e. The van der Waals surface area contributed by atoms with E-state index in [1.807, 2.05) is 4.90 Å². The van der Waals surface area contributed by atoms with E-state index in [0.29, 0.717) is 31.7 Å². The lowest BCUT2D eigenvalue weighted by Crippen LogP contribution is -2.53. The SMILES string of the molecule is CC(O)(CN1CCN(C(=O)OCC=Cc2ccc(C(F)(F)F)cc2)CC1)Cn1cc([N+](=O)[O-])nc1Cl. The Balaban J connectivity index is 1.41. The molecule has 0 aliphatic carbocycles. The van der Waals surface area contributed by atoms with E-state index in [-0.39, 0.29) is 25.0 Å². The summed E-state index contributed by atoms with van der Waals surface area (Å²) in [5.41, 5.74) is -1.45. The van der Waals surface area contributed by atoms with Gasteiger partial charge >= 0.3 is 23.4 Å². The molecule has 1 aromatic heterocycles. The number of carbonyl (C=O) groups excluding carboxylic acids is 1. The summed E-state index contributed by atoms with van der Waals surface area (Å²) in [6.45, 7) is 3.48. The van der Waals surface area contributed by atoms with Crippen molar-refractivity contribution < 1.29 is 32.7 Å². The third-order valence-corrected chi connectivity index (χ3v) is 5.76. The minimum atomic E-state index is -4.39. The summed E-state index contributed by atoms with van der Waals surface area (Å²) < 4.78 is 44.3. The molecule has 1 aromatic carbocycles. The van der Waals surface area contributed by atoms with Gasteiger partial charge in [-0.2, -0.15) is 13.2 Å². The highest BCUT2D eigenvalue weighted by Crippen LogP contribution is 2.29. The number of alkyl halides is 3. The molecule has 3 rings (SSSR count). The molecule has 1 N–H and O–H groups in total. The molecule has 1 aliphatic rings. The molecule has 1 amide bonds. The van der Waals surface area contributed by atoms with Gasteiger partial charge in [0.25, 0.3) is 0 Å². The van der Waals surface area contributed by atoms with Gasteiger partial charge in [-0.15, -0.1) is 0 Å². The number of nitrogens with zero attached hydrogens (tertiary/aromatic N) is 5. The number of rotatable bonds is 8. The number of amides is 1. The first-order chi connectivity index (χ1) is 16.8. The average Bonchev–Trinajstić information content (AvgIpc) is 3.16. The standard InChI is InChI=1S/C22H25ClF3N5O5/c1-21(33,15-30-13-18(31(34)35)27-19(30)23)14-28-8-10-29(11-9-28)20(32)36-12-2-3-16-4-6-17(7-5-16)22(24,25)26/h2-7,13,33H,8-12,14-15H2,1H3. The van der Waals surface area contributed by atoms with E-state index in [0.717, 1.165) is 18.3 Å². The molecular weight excluding hydrogens is 507 g/mol. The average molecular weight is 532 g/mol. The van der Waals surface area contributed by atoms with Crippen molar-refractivity contribution in [1.29, 1.82) is 0 Å². The third-order valence-electron chi connectivity index (χ3n) is 5.46. The van der Waals surface area contributed by atoms with Gasteiger partial charge in [0.2, 0.25) is 0 Å². The molecule has 1 atom stereocenters. The van der Waals surface area contributed by atoms with E-state index < -0.39 is 34.2 Å². The summed E-state index contributed by atoms with van der Waals surface area (Å²) in [4.78, 5) is 29.6. The molecule has 10 nitrogen and oxygen atoms in total. The van der Waals surface area contributed by atoms with Crippen LogP contribution in [0.2, 0.25) is 5.28 Å². The number of β-amino-alcohol motifs (C(OH)–C–C–N with tert-alkyl or cyclic N) is 1. The van der Waals surface area contributed by atoms with Crippen LogP contribution in [0, 0.1) is 10.1 Å². The number of hydrogen-bond acceptors (Lipinski definition) is 7. The maximum atomic E-state index is 12.6. The van der Waals surface area contributed by atoms with Gasteiger partial charge in [0.1, 0.15) is 12.8 Å². The van der Waals surface area contributed by atoms with Gasteiger partial charge in [-0.25, -0.2) is 4.79 Å². The predicted molar refractivity (Wildman–Crippen MR) is 124 cm³/mol. The lowest BCUT2D eigenvalue weighted by molar-refractivity contribution is -0.389. The lowest BCUT2D eigenvalue weighted by Gasteiger charge is -2.37.